The van der Waals surface area contributed by atoms with Crippen LogP contribution in [0, 0.1) is 0 Å². The second-order valence-electron chi connectivity index (χ2n) is 4.28. The van der Waals surface area contributed by atoms with Crippen LogP contribution in [0.15, 0.2) is 20.0 Å². The molecule has 1 unspecified atom stereocenters. The van der Waals surface area contributed by atoms with E-state index < -0.39 is 10.0 Å². The third kappa shape index (κ3) is 2.45. The molecule has 18 heavy (non-hydrogen) atoms. The van der Waals surface area contributed by atoms with Crippen molar-refractivity contribution in [1.29, 1.82) is 0 Å². The van der Waals surface area contributed by atoms with Gasteiger partial charge in [-0.25, -0.2) is 13.6 Å². The van der Waals surface area contributed by atoms with Gasteiger partial charge in [-0.15, -0.1) is 0 Å². The summed E-state index contributed by atoms with van der Waals surface area (Å²) in [5, 5.41) is 5.01. The average Bonchev–Trinajstić information content (AvgIpc) is 2.82. The highest BCUT2D eigenvalue weighted by molar-refractivity contribution is 9.10. The fourth-order valence-electron chi connectivity index (χ4n) is 2.03. The lowest BCUT2D eigenvalue weighted by atomic mass is 10.2. The molecule has 0 bridgehead atoms. The van der Waals surface area contributed by atoms with E-state index in [0.717, 1.165) is 18.9 Å². The first kappa shape index (κ1) is 13.6. The summed E-state index contributed by atoms with van der Waals surface area (Å²) in [5.41, 5.74) is 0. The molecule has 1 fully saturated rings. The Hall–Kier alpha value is -0.860. The summed E-state index contributed by atoms with van der Waals surface area (Å²) in [4.78, 5) is 13.6. The minimum absolute atomic E-state index is 0.0142. The Morgan fingerprint density at radius 3 is 2.72 bits per heavy atom. The molecule has 1 saturated heterocycles. The molecule has 1 amide bonds. The average molecular weight is 337 g/mol. The monoisotopic (exact) mass is 336 g/mol. The molecular formula is C10H13BrN2O4S. The molecule has 0 radical (unpaired) electrons. The first-order valence-electron chi connectivity index (χ1n) is 5.44. The third-order valence-corrected chi connectivity index (χ3v) is 4.75. The summed E-state index contributed by atoms with van der Waals surface area (Å²) >= 11 is 2.95. The molecule has 1 aromatic heterocycles. The lowest BCUT2D eigenvalue weighted by Gasteiger charge is -2.19. The molecule has 2 rings (SSSR count). The summed E-state index contributed by atoms with van der Waals surface area (Å²) in [6.07, 6.45) is 1.88. The Bertz CT molecular complexity index is 581. The Balaban J connectivity index is 2.33. The topological polar surface area (TPSA) is 93.6 Å². The highest BCUT2D eigenvalue weighted by atomic mass is 79.9. The van der Waals surface area contributed by atoms with E-state index in [2.05, 4.69) is 15.9 Å². The van der Waals surface area contributed by atoms with E-state index in [9.17, 15) is 13.2 Å². The van der Waals surface area contributed by atoms with Crippen molar-refractivity contribution in [3.63, 3.8) is 0 Å². The van der Waals surface area contributed by atoms with Crippen LogP contribution in [0.1, 0.15) is 30.3 Å². The number of furan rings is 1. The van der Waals surface area contributed by atoms with Gasteiger partial charge in [0, 0.05) is 18.7 Å². The molecule has 0 spiro atoms. The molecule has 0 aliphatic carbocycles. The van der Waals surface area contributed by atoms with E-state index in [0.29, 0.717) is 6.54 Å². The van der Waals surface area contributed by atoms with Crippen molar-refractivity contribution < 1.29 is 17.6 Å². The molecule has 1 aliphatic heterocycles. The number of likely N-dealkylation sites (tertiary alicyclic amines) is 1. The smallest absolute Gasteiger partial charge is 0.289 e. The number of carbonyl (C=O) groups excluding carboxylic acids is 1. The Morgan fingerprint density at radius 2 is 2.28 bits per heavy atom. The number of hydrogen-bond acceptors (Lipinski definition) is 4. The predicted molar refractivity (Wildman–Crippen MR) is 67.5 cm³/mol. The third-order valence-electron chi connectivity index (χ3n) is 2.99. The quantitative estimate of drug-likeness (QED) is 0.880. The molecule has 0 aromatic carbocycles. The number of nitrogens with zero attached hydrogens (tertiary/aromatic N) is 1. The summed E-state index contributed by atoms with van der Waals surface area (Å²) in [6, 6.07) is 1.30. The molecular weight excluding hydrogens is 324 g/mol. The normalized spacial score (nSPS) is 20.4. The van der Waals surface area contributed by atoms with Gasteiger partial charge >= 0.3 is 0 Å². The zero-order chi connectivity index (χ0) is 13.5. The molecule has 2 N–H and O–H groups in total. The Morgan fingerprint density at radius 1 is 1.61 bits per heavy atom. The van der Waals surface area contributed by atoms with E-state index in [1.807, 2.05) is 6.92 Å². The van der Waals surface area contributed by atoms with E-state index in [1.54, 1.807) is 4.90 Å². The lowest BCUT2D eigenvalue weighted by Crippen LogP contribution is -2.33. The fraction of sp³-hybridized carbons (Fsp3) is 0.500. The molecule has 2 heterocycles. The molecule has 1 atom stereocenters. The minimum Gasteiger partial charge on any atom is -0.443 e. The number of nitrogens with two attached hydrogens (primary N) is 1. The van der Waals surface area contributed by atoms with Crippen LogP contribution in [0.5, 0.6) is 0 Å². The standard InChI is InChI=1S/C10H13BrN2O4S/c1-6-3-2-4-13(6)10(14)7-5-8(9(11)17-7)18(12,15)16/h5-6H,2-4H2,1H3,(H2,12,15,16). The molecule has 6 nitrogen and oxygen atoms in total. The number of rotatable bonds is 2. The maximum absolute atomic E-state index is 12.1. The Kier molecular flexibility index (Phi) is 3.52. The summed E-state index contributed by atoms with van der Waals surface area (Å²) < 4.78 is 27.6. The van der Waals surface area contributed by atoms with E-state index in [-0.39, 0.29) is 27.3 Å². The van der Waals surface area contributed by atoms with Crippen molar-refractivity contribution in [2.24, 2.45) is 5.14 Å². The van der Waals surface area contributed by atoms with Crippen LogP contribution in [-0.4, -0.2) is 31.8 Å². The van der Waals surface area contributed by atoms with Crippen LogP contribution >= 0.6 is 15.9 Å². The van der Waals surface area contributed by atoms with Crippen LogP contribution in [0.4, 0.5) is 0 Å². The van der Waals surface area contributed by atoms with Gasteiger partial charge in [0.05, 0.1) is 0 Å². The van der Waals surface area contributed by atoms with Crippen molar-refractivity contribution in [3.8, 4) is 0 Å². The fourth-order valence-corrected chi connectivity index (χ4v) is 3.53. The number of halogens is 1. The summed E-state index contributed by atoms with van der Waals surface area (Å²) in [7, 11) is -3.89. The van der Waals surface area contributed by atoms with Crippen molar-refractivity contribution >= 4 is 31.9 Å². The zero-order valence-electron chi connectivity index (χ0n) is 9.72. The van der Waals surface area contributed by atoms with E-state index in [4.69, 9.17) is 9.56 Å². The number of amides is 1. The van der Waals surface area contributed by atoms with Crippen molar-refractivity contribution in [2.75, 3.05) is 6.54 Å². The number of sulfonamides is 1. The van der Waals surface area contributed by atoms with Crippen LogP contribution < -0.4 is 5.14 Å². The first-order valence-corrected chi connectivity index (χ1v) is 7.77. The number of carbonyl (C=O) groups is 1. The lowest BCUT2D eigenvalue weighted by molar-refractivity contribution is 0.0714. The van der Waals surface area contributed by atoms with Crippen LogP contribution in [0.2, 0.25) is 0 Å². The van der Waals surface area contributed by atoms with Gasteiger partial charge in [0.25, 0.3) is 5.91 Å². The second kappa shape index (κ2) is 4.67. The van der Waals surface area contributed by atoms with Gasteiger partial charge in [-0.05, 0) is 35.7 Å². The van der Waals surface area contributed by atoms with Gasteiger partial charge in [-0.2, -0.15) is 0 Å². The molecule has 100 valence electrons. The summed E-state index contributed by atoms with van der Waals surface area (Å²) in [6.45, 7) is 2.60. The zero-order valence-corrected chi connectivity index (χ0v) is 12.1. The molecule has 0 saturated carbocycles. The summed E-state index contributed by atoms with van der Waals surface area (Å²) in [5.74, 6) is -0.324. The van der Waals surface area contributed by atoms with Crippen LogP contribution in [0.25, 0.3) is 0 Å². The van der Waals surface area contributed by atoms with Crippen molar-refractivity contribution in [2.45, 2.75) is 30.7 Å². The van der Waals surface area contributed by atoms with Gasteiger partial charge < -0.3 is 9.32 Å². The molecule has 8 heteroatoms. The van der Waals surface area contributed by atoms with Gasteiger partial charge in [0.1, 0.15) is 4.90 Å². The largest absolute Gasteiger partial charge is 0.443 e. The van der Waals surface area contributed by atoms with Gasteiger partial charge in [0.15, 0.2) is 10.4 Å². The van der Waals surface area contributed by atoms with Gasteiger partial charge in [-0.1, -0.05) is 0 Å². The maximum Gasteiger partial charge on any atom is 0.289 e. The van der Waals surface area contributed by atoms with Crippen molar-refractivity contribution in [1.82, 2.24) is 4.90 Å². The number of primary sulfonamides is 1. The minimum atomic E-state index is -3.89. The first-order chi connectivity index (χ1) is 8.30. The highest BCUT2D eigenvalue weighted by Crippen LogP contribution is 2.27. The predicted octanol–water partition coefficient (Wildman–Crippen LogP) is 1.31. The van der Waals surface area contributed by atoms with Crippen LogP contribution in [-0.2, 0) is 10.0 Å². The van der Waals surface area contributed by atoms with Gasteiger partial charge in [-0.3, -0.25) is 4.79 Å². The van der Waals surface area contributed by atoms with Gasteiger partial charge in [0.2, 0.25) is 10.0 Å². The van der Waals surface area contributed by atoms with Crippen molar-refractivity contribution in [3.05, 3.63) is 16.5 Å². The molecule has 1 aliphatic rings. The second-order valence-corrected chi connectivity index (χ2v) is 6.53. The van der Waals surface area contributed by atoms with Crippen LogP contribution in [0.3, 0.4) is 0 Å². The SMILES string of the molecule is CC1CCCN1C(=O)c1cc(S(N)(=O)=O)c(Br)o1. The molecule has 1 aromatic rings. The highest BCUT2D eigenvalue weighted by Gasteiger charge is 2.30. The number of hydrogen-bond donors (Lipinski definition) is 1. The maximum atomic E-state index is 12.1. The Labute approximate surface area is 113 Å². The van der Waals surface area contributed by atoms with E-state index >= 15 is 0 Å². The van der Waals surface area contributed by atoms with E-state index in [1.165, 1.54) is 0 Å².